The molecule has 0 N–H and O–H groups in total. The summed E-state index contributed by atoms with van der Waals surface area (Å²) in [7, 11) is 0. The second-order valence-corrected chi connectivity index (χ2v) is 8.97. The SMILES string of the molecule is CC.CC.CCCC(COCCCCCCCCCCCCCn1ccnc1)OCc1ccccc1. The maximum absolute atomic E-state index is 6.07. The summed E-state index contributed by atoms with van der Waals surface area (Å²) in [5, 5.41) is 0. The van der Waals surface area contributed by atoms with Crippen molar-refractivity contribution in [1.29, 1.82) is 0 Å². The van der Waals surface area contributed by atoms with E-state index in [1.807, 2.05) is 46.3 Å². The fraction of sp³-hybridized carbons (Fsp3) is 0.719. The molecular formula is C32H58N2O2. The van der Waals surface area contributed by atoms with Gasteiger partial charge in [-0.25, -0.2) is 4.98 Å². The summed E-state index contributed by atoms with van der Waals surface area (Å²) in [6, 6.07) is 10.4. The standard InChI is InChI=1S/C28H46N2O2.2C2H6/c1-2-17-28(32-24-27-18-13-12-14-19-27)25-31-23-16-11-9-7-5-3-4-6-8-10-15-21-30-22-20-29-26-30;2*1-2/h12-14,18-20,22,26,28H,2-11,15-17,21,23-25H2,1H3;2*1-2H3. The zero-order chi connectivity index (χ0) is 26.5. The molecule has 0 spiro atoms. The van der Waals surface area contributed by atoms with Crippen molar-refractivity contribution in [3.63, 3.8) is 0 Å². The summed E-state index contributed by atoms with van der Waals surface area (Å²) in [4.78, 5) is 4.09. The average molecular weight is 503 g/mol. The second kappa shape index (κ2) is 27.9. The van der Waals surface area contributed by atoms with Gasteiger partial charge in [0.25, 0.3) is 0 Å². The smallest absolute Gasteiger partial charge is 0.0945 e. The summed E-state index contributed by atoms with van der Waals surface area (Å²) in [5.74, 6) is 0. The molecule has 1 unspecified atom stereocenters. The molecule has 4 nitrogen and oxygen atoms in total. The first kappa shape index (κ1) is 34.4. The minimum atomic E-state index is 0.214. The summed E-state index contributed by atoms with van der Waals surface area (Å²) < 4.78 is 14.2. The Morgan fingerprint density at radius 2 is 1.36 bits per heavy atom. The third-order valence-corrected chi connectivity index (χ3v) is 6.01. The van der Waals surface area contributed by atoms with Gasteiger partial charge in [0.05, 0.1) is 25.6 Å². The molecule has 0 bridgehead atoms. The average Bonchev–Trinajstić information content (AvgIpc) is 3.46. The largest absolute Gasteiger partial charge is 0.379 e. The molecule has 0 amide bonds. The molecule has 36 heavy (non-hydrogen) atoms. The Morgan fingerprint density at radius 1 is 0.778 bits per heavy atom. The molecule has 0 fully saturated rings. The van der Waals surface area contributed by atoms with E-state index in [1.165, 1.54) is 76.2 Å². The molecular weight excluding hydrogens is 444 g/mol. The lowest BCUT2D eigenvalue weighted by Gasteiger charge is -2.17. The fourth-order valence-electron chi connectivity index (χ4n) is 4.05. The number of rotatable bonds is 21. The molecule has 1 aromatic heterocycles. The van der Waals surface area contributed by atoms with Crippen LogP contribution in [0.3, 0.4) is 0 Å². The van der Waals surface area contributed by atoms with Crippen molar-refractivity contribution in [2.45, 2.75) is 137 Å². The number of hydrogen-bond donors (Lipinski definition) is 0. The molecule has 0 aliphatic carbocycles. The van der Waals surface area contributed by atoms with Crippen molar-refractivity contribution < 1.29 is 9.47 Å². The lowest BCUT2D eigenvalue weighted by molar-refractivity contribution is -0.0295. The number of aryl methyl sites for hydroxylation is 1. The molecule has 208 valence electrons. The van der Waals surface area contributed by atoms with E-state index >= 15 is 0 Å². The van der Waals surface area contributed by atoms with Crippen LogP contribution in [0.5, 0.6) is 0 Å². The molecule has 0 saturated carbocycles. The van der Waals surface area contributed by atoms with Gasteiger partial charge in [0, 0.05) is 25.5 Å². The lowest BCUT2D eigenvalue weighted by atomic mass is 10.1. The first-order valence-corrected chi connectivity index (χ1v) is 15.1. The molecule has 2 aromatic rings. The molecule has 0 radical (unpaired) electrons. The number of benzene rings is 1. The number of aromatic nitrogens is 2. The van der Waals surface area contributed by atoms with Gasteiger partial charge in [-0.2, -0.15) is 0 Å². The van der Waals surface area contributed by atoms with Crippen LogP contribution in [0.25, 0.3) is 0 Å². The summed E-state index contributed by atoms with van der Waals surface area (Å²) in [6.45, 7) is 13.6. The van der Waals surface area contributed by atoms with Gasteiger partial charge < -0.3 is 14.0 Å². The van der Waals surface area contributed by atoms with Crippen molar-refractivity contribution in [1.82, 2.24) is 9.55 Å². The highest BCUT2D eigenvalue weighted by atomic mass is 16.5. The van der Waals surface area contributed by atoms with Crippen LogP contribution in [-0.4, -0.2) is 28.9 Å². The lowest BCUT2D eigenvalue weighted by Crippen LogP contribution is -2.20. The molecule has 0 aliphatic heterocycles. The van der Waals surface area contributed by atoms with Gasteiger partial charge in [-0.3, -0.25) is 0 Å². The highest BCUT2D eigenvalue weighted by Gasteiger charge is 2.08. The van der Waals surface area contributed by atoms with Crippen molar-refractivity contribution >= 4 is 0 Å². The molecule has 2 rings (SSSR count). The first-order valence-electron chi connectivity index (χ1n) is 15.1. The van der Waals surface area contributed by atoms with E-state index in [4.69, 9.17) is 9.47 Å². The van der Waals surface area contributed by atoms with Gasteiger partial charge >= 0.3 is 0 Å². The number of ether oxygens (including phenoxy) is 2. The maximum atomic E-state index is 6.07. The summed E-state index contributed by atoms with van der Waals surface area (Å²) in [6.07, 6.45) is 23.0. The Balaban J connectivity index is 0.00000291. The zero-order valence-corrected chi connectivity index (χ0v) is 24.4. The predicted molar refractivity (Wildman–Crippen MR) is 156 cm³/mol. The van der Waals surface area contributed by atoms with Gasteiger partial charge in [0.15, 0.2) is 0 Å². The van der Waals surface area contributed by atoms with E-state index in [1.54, 1.807) is 0 Å². The van der Waals surface area contributed by atoms with Gasteiger partial charge in [-0.05, 0) is 24.8 Å². The minimum absolute atomic E-state index is 0.214. The third-order valence-electron chi connectivity index (χ3n) is 6.01. The normalized spacial score (nSPS) is 11.2. The molecule has 1 aromatic carbocycles. The zero-order valence-electron chi connectivity index (χ0n) is 24.4. The Labute approximate surface area is 224 Å². The molecule has 0 aliphatic rings. The van der Waals surface area contributed by atoms with Crippen LogP contribution in [0.15, 0.2) is 49.1 Å². The highest BCUT2D eigenvalue weighted by Crippen LogP contribution is 2.12. The Kier molecular flexibility index (Phi) is 26.6. The Hall–Kier alpha value is -1.65. The number of hydrogen-bond acceptors (Lipinski definition) is 3. The molecule has 0 saturated heterocycles. The highest BCUT2D eigenvalue weighted by molar-refractivity contribution is 5.13. The first-order chi connectivity index (χ1) is 17.9. The quantitative estimate of drug-likeness (QED) is 0.159. The van der Waals surface area contributed by atoms with Crippen molar-refractivity contribution in [3.05, 3.63) is 54.6 Å². The van der Waals surface area contributed by atoms with Crippen molar-refractivity contribution in [3.8, 4) is 0 Å². The maximum Gasteiger partial charge on any atom is 0.0945 e. The van der Waals surface area contributed by atoms with Crippen LogP contribution in [-0.2, 0) is 22.6 Å². The van der Waals surface area contributed by atoms with Crippen LogP contribution >= 0.6 is 0 Å². The number of imidazole rings is 1. The van der Waals surface area contributed by atoms with E-state index in [2.05, 4.69) is 46.9 Å². The summed E-state index contributed by atoms with van der Waals surface area (Å²) >= 11 is 0. The van der Waals surface area contributed by atoms with Crippen LogP contribution in [0.4, 0.5) is 0 Å². The molecule has 1 heterocycles. The Bertz CT molecular complexity index is 631. The van der Waals surface area contributed by atoms with Crippen LogP contribution < -0.4 is 0 Å². The van der Waals surface area contributed by atoms with E-state index in [9.17, 15) is 0 Å². The minimum Gasteiger partial charge on any atom is -0.379 e. The van der Waals surface area contributed by atoms with E-state index in [-0.39, 0.29) is 6.10 Å². The van der Waals surface area contributed by atoms with Crippen molar-refractivity contribution in [2.75, 3.05) is 13.2 Å². The van der Waals surface area contributed by atoms with Gasteiger partial charge in [-0.1, -0.05) is 129 Å². The fourth-order valence-corrected chi connectivity index (χ4v) is 4.05. The van der Waals surface area contributed by atoms with E-state index in [0.29, 0.717) is 6.61 Å². The van der Waals surface area contributed by atoms with Gasteiger partial charge in [0.1, 0.15) is 0 Å². The topological polar surface area (TPSA) is 36.3 Å². The predicted octanol–water partition coefficient (Wildman–Crippen LogP) is 9.63. The monoisotopic (exact) mass is 502 g/mol. The number of nitrogens with zero attached hydrogens (tertiary/aromatic N) is 2. The molecule has 4 heteroatoms. The van der Waals surface area contributed by atoms with Crippen LogP contribution in [0, 0.1) is 0 Å². The van der Waals surface area contributed by atoms with Gasteiger partial charge in [-0.15, -0.1) is 0 Å². The third kappa shape index (κ3) is 20.5. The summed E-state index contributed by atoms with van der Waals surface area (Å²) in [5.41, 5.74) is 1.24. The van der Waals surface area contributed by atoms with Crippen molar-refractivity contribution in [2.24, 2.45) is 0 Å². The van der Waals surface area contributed by atoms with Crippen LogP contribution in [0.1, 0.15) is 124 Å². The van der Waals surface area contributed by atoms with E-state index in [0.717, 1.165) is 32.6 Å². The Morgan fingerprint density at radius 3 is 1.92 bits per heavy atom. The second-order valence-electron chi connectivity index (χ2n) is 8.97. The van der Waals surface area contributed by atoms with Gasteiger partial charge in [0.2, 0.25) is 0 Å². The van der Waals surface area contributed by atoms with Crippen LogP contribution in [0.2, 0.25) is 0 Å². The number of unbranched alkanes of at least 4 members (excludes halogenated alkanes) is 10. The molecule has 1 atom stereocenters. The van der Waals surface area contributed by atoms with E-state index < -0.39 is 0 Å².